The number of benzene rings is 1. The Kier molecular flexibility index (Phi) is 4.20. The molecule has 4 fully saturated rings. The molecule has 2 heterocycles. The van der Waals surface area contributed by atoms with E-state index in [0.717, 1.165) is 30.0 Å². The first-order chi connectivity index (χ1) is 15.1. The van der Waals surface area contributed by atoms with Crippen LogP contribution in [0.1, 0.15) is 44.3 Å². The van der Waals surface area contributed by atoms with Crippen molar-refractivity contribution in [2.24, 2.45) is 23.2 Å². The molecule has 0 amide bonds. The van der Waals surface area contributed by atoms with E-state index in [4.69, 9.17) is 4.74 Å². The van der Waals surface area contributed by atoms with E-state index in [1.807, 2.05) is 24.3 Å². The van der Waals surface area contributed by atoms with Gasteiger partial charge in [0.2, 0.25) is 0 Å². The number of Topliss-reactive ketones (excluding diaryl/α,β-unsaturated/α-hetero) is 1. The molecule has 0 N–H and O–H groups in total. The monoisotopic (exact) mass is 416 g/mol. The molecule has 1 aromatic carbocycles. The Morgan fingerprint density at radius 1 is 1.06 bits per heavy atom. The number of hydrogen-bond donors (Lipinski definition) is 0. The highest BCUT2D eigenvalue weighted by Gasteiger charge is 2.54. The SMILES string of the molecule is O=C(/C=C/c1nnc2c3ccccc3cnn12)OCC(=O)C12CC3CC(CC(C3)C1)C2. The number of fused-ring (bicyclic) bond motifs is 3. The number of ether oxygens (including phenoxy) is 1. The molecule has 0 spiro atoms. The Hall–Kier alpha value is -3.09. The smallest absolute Gasteiger partial charge is 0.331 e. The fraction of sp³-hybridized carbons (Fsp3) is 0.458. The lowest BCUT2D eigenvalue weighted by Gasteiger charge is -2.55. The summed E-state index contributed by atoms with van der Waals surface area (Å²) in [6.45, 7) is -0.140. The largest absolute Gasteiger partial charge is 0.454 e. The first-order valence-corrected chi connectivity index (χ1v) is 11.1. The average molecular weight is 416 g/mol. The van der Waals surface area contributed by atoms with Gasteiger partial charge in [0.15, 0.2) is 23.9 Å². The number of nitrogens with zero attached hydrogens (tertiary/aromatic N) is 4. The maximum absolute atomic E-state index is 13.0. The summed E-state index contributed by atoms with van der Waals surface area (Å²) in [5.74, 6) is 2.07. The van der Waals surface area contributed by atoms with Gasteiger partial charge >= 0.3 is 5.97 Å². The standard InChI is InChI=1S/C24H24N4O3/c29-20(24-10-15-7-16(11-24)9-17(8-15)12-24)14-31-22(30)6-5-21-26-27-23-19-4-2-1-3-18(19)13-25-28(21)23/h1-6,13,15-17H,7-12,14H2/b6-5+. The van der Waals surface area contributed by atoms with Gasteiger partial charge in [-0.05, 0) is 62.4 Å². The average Bonchev–Trinajstić information content (AvgIpc) is 3.18. The number of carbonyl (C=O) groups is 2. The third-order valence-corrected chi connectivity index (χ3v) is 7.52. The predicted molar refractivity (Wildman–Crippen MR) is 114 cm³/mol. The Balaban J connectivity index is 1.13. The van der Waals surface area contributed by atoms with Gasteiger partial charge in [-0.25, -0.2) is 4.79 Å². The van der Waals surface area contributed by atoms with E-state index < -0.39 is 5.97 Å². The van der Waals surface area contributed by atoms with Crippen molar-refractivity contribution in [1.29, 1.82) is 0 Å². The van der Waals surface area contributed by atoms with Crippen LogP contribution in [0.15, 0.2) is 36.5 Å². The molecule has 0 aliphatic heterocycles. The molecule has 7 heteroatoms. The molecule has 7 rings (SSSR count). The van der Waals surface area contributed by atoms with Gasteiger partial charge in [0.05, 0.1) is 6.20 Å². The number of carbonyl (C=O) groups excluding carboxylic acids is 2. The van der Waals surface area contributed by atoms with Crippen LogP contribution in [0.25, 0.3) is 22.5 Å². The van der Waals surface area contributed by atoms with E-state index >= 15 is 0 Å². The van der Waals surface area contributed by atoms with Gasteiger partial charge in [-0.1, -0.05) is 24.3 Å². The molecule has 4 bridgehead atoms. The van der Waals surface area contributed by atoms with Crippen molar-refractivity contribution in [1.82, 2.24) is 19.8 Å². The van der Waals surface area contributed by atoms with E-state index in [1.54, 1.807) is 10.7 Å². The zero-order chi connectivity index (χ0) is 21.0. The minimum absolute atomic E-state index is 0.106. The molecule has 4 aliphatic rings. The fourth-order valence-corrected chi connectivity index (χ4v) is 6.54. The molecule has 3 aromatic rings. The maximum Gasteiger partial charge on any atom is 0.331 e. The van der Waals surface area contributed by atoms with Crippen molar-refractivity contribution in [3.63, 3.8) is 0 Å². The number of esters is 1. The van der Waals surface area contributed by atoms with Crippen molar-refractivity contribution < 1.29 is 14.3 Å². The molecule has 7 nitrogen and oxygen atoms in total. The number of ketones is 1. The molecule has 4 aliphatic carbocycles. The van der Waals surface area contributed by atoms with Crippen molar-refractivity contribution in [3.8, 4) is 0 Å². The van der Waals surface area contributed by atoms with Crippen molar-refractivity contribution in [2.75, 3.05) is 6.61 Å². The number of rotatable bonds is 5. The van der Waals surface area contributed by atoms with Gasteiger partial charge in [0, 0.05) is 22.3 Å². The van der Waals surface area contributed by atoms with Crippen LogP contribution in [0.3, 0.4) is 0 Å². The quantitative estimate of drug-likeness (QED) is 0.466. The number of hydrogen-bond acceptors (Lipinski definition) is 6. The molecule has 0 radical (unpaired) electrons. The zero-order valence-corrected chi connectivity index (χ0v) is 17.2. The van der Waals surface area contributed by atoms with Gasteiger partial charge < -0.3 is 4.74 Å². The van der Waals surface area contributed by atoms with Gasteiger partial charge in [-0.15, -0.1) is 10.2 Å². The highest BCUT2D eigenvalue weighted by atomic mass is 16.5. The Morgan fingerprint density at radius 3 is 2.52 bits per heavy atom. The summed E-state index contributed by atoms with van der Waals surface area (Å²) < 4.78 is 6.91. The summed E-state index contributed by atoms with van der Waals surface area (Å²) in [6.07, 6.45) is 11.4. The Morgan fingerprint density at radius 2 is 1.77 bits per heavy atom. The highest BCUT2D eigenvalue weighted by Crippen LogP contribution is 2.60. The molecular weight excluding hydrogens is 392 g/mol. The summed E-state index contributed by atoms with van der Waals surface area (Å²) in [5.41, 5.74) is 0.385. The van der Waals surface area contributed by atoms with E-state index in [1.165, 1.54) is 31.4 Å². The lowest BCUT2D eigenvalue weighted by molar-refractivity contribution is -0.155. The van der Waals surface area contributed by atoms with Crippen LogP contribution >= 0.6 is 0 Å². The van der Waals surface area contributed by atoms with Crippen molar-refractivity contribution >= 4 is 34.2 Å². The van der Waals surface area contributed by atoms with Crippen LogP contribution in [-0.2, 0) is 14.3 Å². The van der Waals surface area contributed by atoms with E-state index in [0.29, 0.717) is 29.2 Å². The summed E-state index contributed by atoms with van der Waals surface area (Å²) in [5, 5.41) is 14.6. The van der Waals surface area contributed by atoms with Crippen molar-refractivity contribution in [2.45, 2.75) is 38.5 Å². The van der Waals surface area contributed by atoms with Crippen molar-refractivity contribution in [3.05, 3.63) is 42.4 Å². The first-order valence-electron chi connectivity index (χ1n) is 11.1. The molecule has 0 atom stereocenters. The summed E-state index contributed by atoms with van der Waals surface area (Å²) >= 11 is 0. The maximum atomic E-state index is 13.0. The van der Waals surface area contributed by atoms with Crippen LogP contribution in [0.4, 0.5) is 0 Å². The molecule has 0 unspecified atom stereocenters. The third kappa shape index (κ3) is 3.14. The van der Waals surface area contributed by atoms with Crippen LogP contribution in [0, 0.1) is 23.2 Å². The third-order valence-electron chi connectivity index (χ3n) is 7.52. The molecule has 31 heavy (non-hydrogen) atoms. The molecule has 158 valence electrons. The van der Waals surface area contributed by atoms with Gasteiger partial charge in [-0.3, -0.25) is 4.79 Å². The molecule has 0 saturated heterocycles. The lowest BCUT2D eigenvalue weighted by Crippen LogP contribution is -2.51. The highest BCUT2D eigenvalue weighted by molar-refractivity contribution is 5.94. The summed E-state index contributed by atoms with van der Waals surface area (Å²) in [6, 6.07) is 7.80. The van der Waals surface area contributed by atoms with Crippen LogP contribution in [0.2, 0.25) is 0 Å². The predicted octanol–water partition coefficient (Wildman–Crippen LogP) is 3.62. The second-order valence-electron chi connectivity index (χ2n) is 9.59. The summed E-state index contributed by atoms with van der Waals surface area (Å²) in [4.78, 5) is 25.3. The van der Waals surface area contributed by atoms with Gasteiger partial charge in [-0.2, -0.15) is 9.61 Å². The van der Waals surface area contributed by atoms with E-state index in [-0.39, 0.29) is 17.8 Å². The molecule has 2 aromatic heterocycles. The minimum Gasteiger partial charge on any atom is -0.454 e. The van der Waals surface area contributed by atoms with Gasteiger partial charge in [0.25, 0.3) is 0 Å². The minimum atomic E-state index is -0.546. The Labute approximate surface area is 179 Å². The number of aromatic nitrogens is 4. The van der Waals surface area contributed by atoms with E-state index in [9.17, 15) is 9.59 Å². The van der Waals surface area contributed by atoms with Crippen LogP contribution in [0.5, 0.6) is 0 Å². The lowest BCUT2D eigenvalue weighted by atomic mass is 9.48. The van der Waals surface area contributed by atoms with E-state index in [2.05, 4.69) is 15.3 Å². The molecule has 4 saturated carbocycles. The summed E-state index contributed by atoms with van der Waals surface area (Å²) in [7, 11) is 0. The topological polar surface area (TPSA) is 86.5 Å². The normalized spacial score (nSPS) is 29.2. The first kappa shape index (κ1) is 18.7. The fourth-order valence-electron chi connectivity index (χ4n) is 6.54. The van der Waals surface area contributed by atoms with Crippen LogP contribution < -0.4 is 0 Å². The molecular formula is C24H24N4O3. The van der Waals surface area contributed by atoms with Crippen LogP contribution in [-0.4, -0.2) is 38.2 Å². The van der Waals surface area contributed by atoms with Gasteiger partial charge in [0.1, 0.15) is 0 Å². The second kappa shape index (κ2) is 6.97. The zero-order valence-electron chi connectivity index (χ0n) is 17.2. The second-order valence-corrected chi connectivity index (χ2v) is 9.59. The Bertz CT molecular complexity index is 1190.